The first-order valence-corrected chi connectivity index (χ1v) is 6.94. The molecule has 0 saturated carbocycles. The van der Waals surface area contributed by atoms with Crippen LogP contribution in [0.3, 0.4) is 0 Å². The molecular weight excluding hydrogens is 275 g/mol. The van der Waals surface area contributed by atoms with Gasteiger partial charge in [-0.2, -0.15) is 0 Å². The van der Waals surface area contributed by atoms with E-state index in [1.807, 2.05) is 4.90 Å². The third kappa shape index (κ3) is 4.09. The first-order chi connectivity index (χ1) is 10.1. The van der Waals surface area contributed by atoms with Gasteiger partial charge in [0.2, 0.25) is 5.91 Å². The number of amides is 1. The second kappa shape index (κ2) is 7.28. The smallest absolute Gasteiger partial charge is 0.239 e. The van der Waals surface area contributed by atoms with Gasteiger partial charge >= 0.3 is 0 Å². The summed E-state index contributed by atoms with van der Waals surface area (Å²) in [6.45, 7) is 2.00. The zero-order valence-electron chi connectivity index (χ0n) is 12.0. The second-order valence-corrected chi connectivity index (χ2v) is 4.92. The number of morpholine rings is 1. The Labute approximate surface area is 123 Å². The van der Waals surface area contributed by atoms with Crippen LogP contribution < -0.4 is 5.32 Å². The molecule has 1 unspecified atom stereocenters. The number of carbonyl (C=O) groups is 2. The molecule has 0 aromatic heterocycles. The number of nitrogens with one attached hydrogen (secondary N) is 1. The number of hydrogen-bond acceptors (Lipinski definition) is 4. The monoisotopic (exact) mass is 294 g/mol. The van der Waals surface area contributed by atoms with E-state index < -0.39 is 0 Å². The highest BCUT2D eigenvalue weighted by atomic mass is 19.1. The molecule has 1 aliphatic rings. The van der Waals surface area contributed by atoms with E-state index in [9.17, 15) is 14.0 Å². The van der Waals surface area contributed by atoms with Crippen molar-refractivity contribution in [2.75, 3.05) is 33.4 Å². The molecule has 21 heavy (non-hydrogen) atoms. The molecule has 0 radical (unpaired) electrons. The fourth-order valence-corrected chi connectivity index (χ4v) is 2.34. The predicted octanol–water partition coefficient (Wildman–Crippen LogP) is 0.845. The van der Waals surface area contributed by atoms with Crippen LogP contribution in [0.5, 0.6) is 0 Å². The Hall–Kier alpha value is -1.79. The number of Topliss-reactive ketones (excluding diaryl/α,β-unsaturated/α-hetero) is 1. The standard InChI is InChI=1S/C15H19FN2O3/c1-17-15(20)13-10-21-9-8-18(13)7-6-14(19)11-2-4-12(16)5-3-11/h2-5,13H,6-10H2,1H3,(H,17,20). The lowest BCUT2D eigenvalue weighted by atomic mass is 10.1. The number of ketones is 1. The molecule has 114 valence electrons. The fraction of sp³-hybridized carbons (Fsp3) is 0.467. The highest BCUT2D eigenvalue weighted by molar-refractivity contribution is 5.96. The Kier molecular flexibility index (Phi) is 5.41. The van der Waals surface area contributed by atoms with Crippen LogP contribution in [-0.2, 0) is 9.53 Å². The van der Waals surface area contributed by atoms with Crippen LogP contribution in [0, 0.1) is 5.82 Å². The van der Waals surface area contributed by atoms with Gasteiger partial charge in [0.1, 0.15) is 11.9 Å². The lowest BCUT2D eigenvalue weighted by Gasteiger charge is -2.34. The Bertz CT molecular complexity index is 504. The molecule has 6 heteroatoms. The maximum absolute atomic E-state index is 12.8. The SMILES string of the molecule is CNC(=O)C1COCCN1CCC(=O)c1ccc(F)cc1. The van der Waals surface area contributed by atoms with Crippen molar-refractivity contribution in [2.45, 2.75) is 12.5 Å². The molecule has 1 aromatic rings. The summed E-state index contributed by atoms with van der Waals surface area (Å²) in [6.07, 6.45) is 0.291. The maximum atomic E-state index is 12.8. The summed E-state index contributed by atoms with van der Waals surface area (Å²) >= 11 is 0. The van der Waals surface area contributed by atoms with Crippen molar-refractivity contribution in [2.24, 2.45) is 0 Å². The minimum atomic E-state index is -0.362. The number of benzene rings is 1. The van der Waals surface area contributed by atoms with Gasteiger partial charge < -0.3 is 10.1 Å². The minimum absolute atomic E-state index is 0.0582. The number of nitrogens with zero attached hydrogens (tertiary/aromatic N) is 1. The summed E-state index contributed by atoms with van der Waals surface area (Å²) in [6, 6.07) is 5.15. The topological polar surface area (TPSA) is 58.6 Å². The van der Waals surface area contributed by atoms with E-state index in [1.165, 1.54) is 24.3 Å². The molecule has 1 fully saturated rings. The van der Waals surface area contributed by atoms with Crippen LogP contribution in [0.15, 0.2) is 24.3 Å². The van der Waals surface area contributed by atoms with E-state index in [0.717, 1.165) is 0 Å². The Morgan fingerprint density at radius 2 is 2.10 bits per heavy atom. The number of ether oxygens (including phenoxy) is 1. The van der Waals surface area contributed by atoms with Gasteiger partial charge in [0.05, 0.1) is 13.2 Å². The number of hydrogen-bond donors (Lipinski definition) is 1. The van der Waals surface area contributed by atoms with E-state index in [-0.39, 0.29) is 23.5 Å². The molecule has 1 atom stereocenters. The number of rotatable bonds is 5. The van der Waals surface area contributed by atoms with Gasteiger partial charge in [-0.25, -0.2) is 4.39 Å². The Balaban J connectivity index is 1.92. The van der Waals surface area contributed by atoms with Crippen LogP contribution >= 0.6 is 0 Å². The van der Waals surface area contributed by atoms with Crippen molar-refractivity contribution in [1.29, 1.82) is 0 Å². The van der Waals surface area contributed by atoms with Gasteiger partial charge in [-0.1, -0.05) is 0 Å². The normalized spacial score (nSPS) is 19.2. The average molecular weight is 294 g/mol. The van der Waals surface area contributed by atoms with Crippen molar-refractivity contribution < 1.29 is 18.7 Å². The molecule has 1 aromatic carbocycles. The molecule has 0 aliphatic carbocycles. The van der Waals surface area contributed by atoms with Gasteiger partial charge in [0.15, 0.2) is 5.78 Å². The largest absolute Gasteiger partial charge is 0.378 e. The van der Waals surface area contributed by atoms with E-state index in [0.29, 0.717) is 38.3 Å². The highest BCUT2D eigenvalue weighted by Crippen LogP contribution is 2.11. The Morgan fingerprint density at radius 3 is 2.76 bits per heavy atom. The zero-order valence-corrected chi connectivity index (χ0v) is 12.0. The molecule has 1 amide bonds. The van der Waals surface area contributed by atoms with E-state index in [2.05, 4.69) is 5.32 Å². The third-order valence-electron chi connectivity index (χ3n) is 3.58. The lowest BCUT2D eigenvalue weighted by molar-refractivity contribution is -0.132. The average Bonchev–Trinajstić information content (AvgIpc) is 2.52. The molecule has 2 rings (SSSR count). The van der Waals surface area contributed by atoms with Gasteiger partial charge in [-0.05, 0) is 24.3 Å². The molecule has 1 saturated heterocycles. The van der Waals surface area contributed by atoms with Crippen molar-refractivity contribution in [3.63, 3.8) is 0 Å². The van der Waals surface area contributed by atoms with E-state index in [4.69, 9.17) is 4.74 Å². The summed E-state index contributed by atoms with van der Waals surface area (Å²) < 4.78 is 18.1. The van der Waals surface area contributed by atoms with Gasteiger partial charge in [-0.15, -0.1) is 0 Å². The van der Waals surface area contributed by atoms with Crippen LogP contribution in [0.25, 0.3) is 0 Å². The van der Waals surface area contributed by atoms with Gasteiger partial charge in [0, 0.05) is 32.1 Å². The number of likely N-dealkylation sites (N-methyl/N-ethyl adjacent to an activating group) is 1. The van der Waals surface area contributed by atoms with Crippen LogP contribution in [-0.4, -0.2) is 56.0 Å². The van der Waals surface area contributed by atoms with Gasteiger partial charge in [0.25, 0.3) is 0 Å². The van der Waals surface area contributed by atoms with E-state index in [1.54, 1.807) is 7.05 Å². The summed E-state index contributed by atoms with van der Waals surface area (Å²) in [7, 11) is 1.58. The summed E-state index contributed by atoms with van der Waals surface area (Å²) in [5.41, 5.74) is 0.487. The summed E-state index contributed by atoms with van der Waals surface area (Å²) in [5, 5.41) is 2.60. The molecule has 1 N–H and O–H groups in total. The second-order valence-electron chi connectivity index (χ2n) is 4.92. The van der Waals surface area contributed by atoms with Crippen molar-refractivity contribution in [3.8, 4) is 0 Å². The van der Waals surface area contributed by atoms with E-state index >= 15 is 0 Å². The molecular formula is C15H19FN2O3. The molecule has 0 bridgehead atoms. The highest BCUT2D eigenvalue weighted by Gasteiger charge is 2.28. The summed E-state index contributed by atoms with van der Waals surface area (Å²) in [4.78, 5) is 25.8. The Morgan fingerprint density at radius 1 is 1.38 bits per heavy atom. The zero-order chi connectivity index (χ0) is 15.2. The third-order valence-corrected chi connectivity index (χ3v) is 3.58. The van der Waals surface area contributed by atoms with Crippen LogP contribution in [0.4, 0.5) is 4.39 Å². The van der Waals surface area contributed by atoms with Crippen molar-refractivity contribution in [3.05, 3.63) is 35.6 Å². The number of halogens is 1. The molecule has 1 aliphatic heterocycles. The maximum Gasteiger partial charge on any atom is 0.239 e. The van der Waals surface area contributed by atoms with Crippen LogP contribution in [0.2, 0.25) is 0 Å². The van der Waals surface area contributed by atoms with Gasteiger partial charge in [-0.3, -0.25) is 14.5 Å². The lowest BCUT2D eigenvalue weighted by Crippen LogP contribution is -2.53. The van der Waals surface area contributed by atoms with Crippen molar-refractivity contribution in [1.82, 2.24) is 10.2 Å². The fourth-order valence-electron chi connectivity index (χ4n) is 2.34. The predicted molar refractivity (Wildman–Crippen MR) is 75.6 cm³/mol. The van der Waals surface area contributed by atoms with Crippen molar-refractivity contribution >= 4 is 11.7 Å². The molecule has 5 nitrogen and oxygen atoms in total. The first kappa shape index (κ1) is 15.6. The quantitative estimate of drug-likeness (QED) is 0.818. The molecule has 1 heterocycles. The minimum Gasteiger partial charge on any atom is -0.378 e. The first-order valence-electron chi connectivity index (χ1n) is 6.94. The number of carbonyl (C=O) groups excluding carboxylic acids is 2. The summed E-state index contributed by atoms with van der Waals surface area (Å²) in [5.74, 6) is -0.527. The molecule has 0 spiro atoms. The van der Waals surface area contributed by atoms with Crippen LogP contribution in [0.1, 0.15) is 16.8 Å².